The van der Waals surface area contributed by atoms with Crippen LogP contribution in [0.3, 0.4) is 0 Å². The molecule has 1 aromatic carbocycles. The van der Waals surface area contributed by atoms with Gasteiger partial charge in [0, 0.05) is 29.0 Å². The molecule has 5 heteroatoms. The molecule has 1 N–H and O–H groups in total. The maximum absolute atomic E-state index is 14.4. The number of carbonyl (C=O) groups is 1. The van der Waals surface area contributed by atoms with Crippen LogP contribution in [0.2, 0.25) is 0 Å². The molecular formula is C19H28BrFN2O. The average molecular weight is 399 g/mol. The van der Waals surface area contributed by atoms with Gasteiger partial charge in [-0.25, -0.2) is 4.39 Å². The summed E-state index contributed by atoms with van der Waals surface area (Å²) in [6.45, 7) is 9.38. The van der Waals surface area contributed by atoms with Crippen molar-refractivity contribution in [1.29, 1.82) is 0 Å². The Labute approximate surface area is 153 Å². The summed E-state index contributed by atoms with van der Waals surface area (Å²) in [4.78, 5) is 14.4. The Bertz CT molecular complexity index is 559. The Hall–Kier alpha value is -0.940. The summed E-state index contributed by atoms with van der Waals surface area (Å²) < 4.78 is 15.3. The number of piperidine rings is 1. The lowest BCUT2D eigenvalue weighted by Gasteiger charge is -2.36. The fraction of sp³-hybridized carbons (Fsp3) is 0.632. The molecule has 1 aliphatic rings. The fourth-order valence-electron chi connectivity index (χ4n) is 2.90. The highest BCUT2D eigenvalue weighted by Crippen LogP contribution is 2.24. The summed E-state index contributed by atoms with van der Waals surface area (Å²) >= 11 is 3.36. The standard InChI is InChI=1S/C19H28BrFN2O/c1-19(2,3)8-10-23-9-7-15(17(21)13-23)12-22-18(24)14-5-4-6-16(20)11-14/h4-6,11,15,17H,7-10,12-13H2,1-3H3,(H,22,24)/t15-,17-/m0/s1. The average Bonchev–Trinajstić information content (AvgIpc) is 2.51. The summed E-state index contributed by atoms with van der Waals surface area (Å²) in [5, 5.41) is 2.88. The highest BCUT2D eigenvalue weighted by molar-refractivity contribution is 9.10. The molecule has 0 radical (unpaired) electrons. The van der Waals surface area contributed by atoms with Gasteiger partial charge < -0.3 is 10.2 Å². The molecular weight excluding hydrogens is 371 g/mol. The van der Waals surface area contributed by atoms with E-state index in [1.54, 1.807) is 12.1 Å². The third-order valence-electron chi connectivity index (χ3n) is 4.55. The van der Waals surface area contributed by atoms with Gasteiger partial charge in [0.25, 0.3) is 5.91 Å². The van der Waals surface area contributed by atoms with E-state index in [0.717, 1.165) is 30.4 Å². The van der Waals surface area contributed by atoms with Gasteiger partial charge in [-0.3, -0.25) is 4.79 Å². The van der Waals surface area contributed by atoms with Gasteiger partial charge in [0.1, 0.15) is 6.17 Å². The lowest BCUT2D eigenvalue weighted by atomic mass is 9.90. The fourth-order valence-corrected chi connectivity index (χ4v) is 3.30. The smallest absolute Gasteiger partial charge is 0.251 e. The minimum atomic E-state index is -0.874. The molecule has 1 heterocycles. The monoisotopic (exact) mass is 398 g/mol. The third-order valence-corrected chi connectivity index (χ3v) is 5.04. The Morgan fingerprint density at radius 2 is 2.17 bits per heavy atom. The first-order valence-electron chi connectivity index (χ1n) is 8.65. The summed E-state index contributed by atoms with van der Waals surface area (Å²) in [7, 11) is 0. The lowest BCUT2D eigenvalue weighted by Crippen LogP contribution is -2.46. The van der Waals surface area contributed by atoms with Crippen molar-refractivity contribution in [3.05, 3.63) is 34.3 Å². The van der Waals surface area contributed by atoms with Gasteiger partial charge in [0.05, 0.1) is 0 Å². The van der Waals surface area contributed by atoms with E-state index in [1.807, 2.05) is 12.1 Å². The van der Waals surface area contributed by atoms with Crippen LogP contribution in [0, 0.1) is 11.3 Å². The number of carbonyl (C=O) groups excluding carboxylic acids is 1. The molecule has 1 fully saturated rings. The van der Waals surface area contributed by atoms with Gasteiger partial charge in [-0.2, -0.15) is 0 Å². The number of amides is 1. The summed E-state index contributed by atoms with van der Waals surface area (Å²) in [6.07, 6.45) is 0.996. The highest BCUT2D eigenvalue weighted by Gasteiger charge is 2.29. The van der Waals surface area contributed by atoms with Crippen LogP contribution in [-0.2, 0) is 0 Å². The molecule has 0 aromatic heterocycles. The first kappa shape index (κ1) is 19.4. The number of benzene rings is 1. The Morgan fingerprint density at radius 1 is 1.42 bits per heavy atom. The van der Waals surface area contributed by atoms with Crippen LogP contribution in [0.1, 0.15) is 44.0 Å². The van der Waals surface area contributed by atoms with E-state index < -0.39 is 6.17 Å². The van der Waals surface area contributed by atoms with E-state index in [-0.39, 0.29) is 17.2 Å². The number of alkyl halides is 1. The normalized spacial score (nSPS) is 22.4. The molecule has 0 spiro atoms. The molecule has 0 bridgehead atoms. The zero-order chi connectivity index (χ0) is 17.7. The van der Waals surface area contributed by atoms with Gasteiger partial charge in [-0.05, 0) is 49.5 Å². The third kappa shape index (κ3) is 6.17. The molecule has 24 heavy (non-hydrogen) atoms. The molecule has 0 saturated carbocycles. The molecule has 134 valence electrons. The second-order valence-corrected chi connectivity index (χ2v) is 8.81. The van der Waals surface area contributed by atoms with Crippen molar-refractivity contribution < 1.29 is 9.18 Å². The van der Waals surface area contributed by atoms with Crippen LogP contribution in [0.4, 0.5) is 4.39 Å². The zero-order valence-electron chi connectivity index (χ0n) is 14.8. The summed E-state index contributed by atoms with van der Waals surface area (Å²) in [5.74, 6) is -0.231. The first-order valence-corrected chi connectivity index (χ1v) is 9.44. The van der Waals surface area contributed by atoms with Crippen molar-refractivity contribution >= 4 is 21.8 Å². The minimum absolute atomic E-state index is 0.0908. The van der Waals surface area contributed by atoms with Crippen molar-refractivity contribution in [3.63, 3.8) is 0 Å². The number of likely N-dealkylation sites (tertiary alicyclic amines) is 1. The molecule has 1 aromatic rings. The summed E-state index contributed by atoms with van der Waals surface area (Å²) in [5.41, 5.74) is 0.878. The number of nitrogens with zero attached hydrogens (tertiary/aromatic N) is 1. The molecule has 3 nitrogen and oxygen atoms in total. The predicted octanol–water partition coefficient (Wildman–Crippen LogP) is 4.28. The van der Waals surface area contributed by atoms with Crippen LogP contribution in [-0.4, -0.2) is 43.2 Å². The number of hydrogen-bond donors (Lipinski definition) is 1. The van der Waals surface area contributed by atoms with Crippen LogP contribution in [0.25, 0.3) is 0 Å². The van der Waals surface area contributed by atoms with E-state index in [9.17, 15) is 9.18 Å². The van der Waals surface area contributed by atoms with Crippen LogP contribution < -0.4 is 5.32 Å². The van der Waals surface area contributed by atoms with Crippen molar-refractivity contribution in [1.82, 2.24) is 10.2 Å². The first-order chi connectivity index (χ1) is 11.2. The quantitative estimate of drug-likeness (QED) is 0.802. The number of hydrogen-bond acceptors (Lipinski definition) is 2. The van der Waals surface area contributed by atoms with E-state index >= 15 is 0 Å². The highest BCUT2D eigenvalue weighted by atomic mass is 79.9. The molecule has 0 aliphatic carbocycles. The van der Waals surface area contributed by atoms with Crippen LogP contribution >= 0.6 is 15.9 Å². The predicted molar refractivity (Wildman–Crippen MR) is 100.0 cm³/mol. The zero-order valence-corrected chi connectivity index (χ0v) is 16.4. The Morgan fingerprint density at radius 3 is 2.79 bits per heavy atom. The number of rotatable bonds is 5. The maximum atomic E-state index is 14.4. The molecule has 2 rings (SSSR count). The molecule has 2 atom stereocenters. The van der Waals surface area contributed by atoms with Gasteiger partial charge in [-0.15, -0.1) is 0 Å². The SMILES string of the molecule is CC(C)(C)CCN1CC[C@@H](CNC(=O)c2cccc(Br)c2)[C@@H](F)C1. The van der Waals surface area contributed by atoms with Gasteiger partial charge in [0.2, 0.25) is 0 Å². The second kappa shape index (κ2) is 8.43. The Balaban J connectivity index is 1.77. The number of halogens is 2. The van der Waals surface area contributed by atoms with Gasteiger partial charge >= 0.3 is 0 Å². The van der Waals surface area contributed by atoms with Crippen molar-refractivity contribution in [2.24, 2.45) is 11.3 Å². The summed E-state index contributed by atoms with van der Waals surface area (Å²) in [6, 6.07) is 7.24. The second-order valence-electron chi connectivity index (χ2n) is 7.90. The van der Waals surface area contributed by atoms with E-state index in [1.165, 1.54) is 0 Å². The molecule has 1 saturated heterocycles. The lowest BCUT2D eigenvalue weighted by molar-refractivity contribution is 0.0724. The largest absolute Gasteiger partial charge is 0.352 e. The number of nitrogens with one attached hydrogen (secondary N) is 1. The van der Waals surface area contributed by atoms with E-state index in [0.29, 0.717) is 18.7 Å². The molecule has 1 aliphatic heterocycles. The van der Waals surface area contributed by atoms with Crippen molar-refractivity contribution in [2.75, 3.05) is 26.2 Å². The van der Waals surface area contributed by atoms with Crippen LogP contribution in [0.15, 0.2) is 28.7 Å². The van der Waals surface area contributed by atoms with E-state index in [2.05, 4.69) is 46.9 Å². The molecule has 0 unspecified atom stereocenters. The molecule has 1 amide bonds. The maximum Gasteiger partial charge on any atom is 0.251 e. The van der Waals surface area contributed by atoms with Crippen molar-refractivity contribution in [2.45, 2.75) is 39.8 Å². The van der Waals surface area contributed by atoms with E-state index in [4.69, 9.17) is 0 Å². The van der Waals surface area contributed by atoms with Gasteiger partial charge in [-0.1, -0.05) is 42.8 Å². The van der Waals surface area contributed by atoms with Crippen molar-refractivity contribution in [3.8, 4) is 0 Å². The minimum Gasteiger partial charge on any atom is -0.352 e. The van der Waals surface area contributed by atoms with Crippen LogP contribution in [0.5, 0.6) is 0 Å². The van der Waals surface area contributed by atoms with Gasteiger partial charge in [0.15, 0.2) is 0 Å². The topological polar surface area (TPSA) is 32.3 Å². The Kier molecular flexibility index (Phi) is 6.81.